The highest BCUT2D eigenvalue weighted by Gasteiger charge is 2.19. The number of nitrogens with one attached hydrogen (secondary N) is 2. The maximum Gasteiger partial charge on any atom is 0.243 e. The van der Waals surface area contributed by atoms with Crippen molar-refractivity contribution in [3.05, 3.63) is 35.1 Å². The van der Waals surface area contributed by atoms with Crippen LogP contribution in [0.15, 0.2) is 34.2 Å². The molecule has 104 valence electrons. The van der Waals surface area contributed by atoms with Gasteiger partial charge in [-0.2, -0.15) is 0 Å². The largest absolute Gasteiger partial charge is 0.326 e. The summed E-state index contributed by atoms with van der Waals surface area (Å²) in [6.07, 6.45) is 0. The second-order valence-electron chi connectivity index (χ2n) is 3.67. The van der Waals surface area contributed by atoms with E-state index in [0.29, 0.717) is 4.48 Å². The van der Waals surface area contributed by atoms with Gasteiger partial charge in [-0.1, -0.05) is 22.5 Å². The molecule has 0 aliphatic carbocycles. The highest BCUT2D eigenvalue weighted by molar-refractivity contribution is 9.11. The molecule has 0 bridgehead atoms. The summed E-state index contributed by atoms with van der Waals surface area (Å²) in [6.45, 7) is 4.69. The fourth-order valence-electron chi connectivity index (χ4n) is 1.25. The highest BCUT2D eigenvalue weighted by atomic mass is 79.9. The van der Waals surface area contributed by atoms with Crippen LogP contribution < -0.4 is 10.0 Å². The van der Waals surface area contributed by atoms with Gasteiger partial charge in [-0.05, 0) is 18.2 Å². The normalized spacial score (nSPS) is 11.1. The van der Waals surface area contributed by atoms with Crippen LogP contribution in [-0.4, -0.2) is 20.9 Å². The Morgan fingerprint density at radius 1 is 1.47 bits per heavy atom. The number of sulfonamides is 1. The van der Waals surface area contributed by atoms with E-state index in [0.717, 1.165) is 12.1 Å². The van der Waals surface area contributed by atoms with Gasteiger partial charge in [-0.3, -0.25) is 4.79 Å². The van der Waals surface area contributed by atoms with Crippen molar-refractivity contribution in [2.45, 2.75) is 11.8 Å². The Morgan fingerprint density at radius 2 is 2.11 bits per heavy atom. The van der Waals surface area contributed by atoms with Gasteiger partial charge in [-0.15, -0.1) is 0 Å². The van der Waals surface area contributed by atoms with E-state index in [-0.39, 0.29) is 18.1 Å². The van der Waals surface area contributed by atoms with Crippen molar-refractivity contribution >= 4 is 37.5 Å². The second kappa shape index (κ2) is 6.27. The molecule has 0 spiro atoms. The second-order valence-corrected chi connectivity index (χ2v) is 6.53. The molecule has 0 fully saturated rings. The van der Waals surface area contributed by atoms with Crippen molar-refractivity contribution in [1.82, 2.24) is 4.72 Å². The zero-order valence-electron chi connectivity index (χ0n) is 10.0. The third-order valence-electron chi connectivity index (χ3n) is 2.00. The number of carbonyl (C=O) groups is 1. The number of amides is 1. The molecule has 0 saturated heterocycles. The molecule has 0 aliphatic rings. The minimum absolute atomic E-state index is 0.0464. The molecule has 0 aromatic heterocycles. The van der Waals surface area contributed by atoms with E-state index in [1.807, 2.05) is 0 Å². The number of benzene rings is 1. The molecule has 0 heterocycles. The van der Waals surface area contributed by atoms with E-state index in [2.05, 4.69) is 32.5 Å². The van der Waals surface area contributed by atoms with Gasteiger partial charge in [-0.25, -0.2) is 17.5 Å². The minimum Gasteiger partial charge on any atom is -0.326 e. The number of carbonyl (C=O) groups excluding carboxylic acids is 1. The van der Waals surface area contributed by atoms with Crippen LogP contribution >= 0.6 is 15.9 Å². The van der Waals surface area contributed by atoms with E-state index >= 15 is 0 Å². The van der Waals surface area contributed by atoms with Crippen LogP contribution in [0.5, 0.6) is 0 Å². The van der Waals surface area contributed by atoms with Gasteiger partial charge in [0.05, 0.1) is 0 Å². The molecule has 2 N–H and O–H groups in total. The van der Waals surface area contributed by atoms with E-state index in [9.17, 15) is 17.6 Å². The van der Waals surface area contributed by atoms with Crippen molar-refractivity contribution in [3.63, 3.8) is 0 Å². The summed E-state index contributed by atoms with van der Waals surface area (Å²) in [7, 11) is -3.96. The summed E-state index contributed by atoms with van der Waals surface area (Å²) >= 11 is 2.99. The van der Waals surface area contributed by atoms with Crippen LogP contribution in [0.1, 0.15) is 6.92 Å². The molecule has 0 radical (unpaired) electrons. The lowest BCUT2D eigenvalue weighted by Gasteiger charge is -2.08. The number of hydrogen-bond acceptors (Lipinski definition) is 3. The summed E-state index contributed by atoms with van der Waals surface area (Å²) < 4.78 is 39.9. The van der Waals surface area contributed by atoms with Gasteiger partial charge < -0.3 is 5.32 Å². The summed E-state index contributed by atoms with van der Waals surface area (Å²) in [6, 6.07) is 3.33. The van der Waals surface area contributed by atoms with Gasteiger partial charge in [0.15, 0.2) is 0 Å². The quantitative estimate of drug-likeness (QED) is 0.852. The highest BCUT2D eigenvalue weighted by Crippen LogP contribution is 2.19. The predicted molar refractivity (Wildman–Crippen MR) is 74.0 cm³/mol. The first-order valence-corrected chi connectivity index (χ1v) is 7.40. The monoisotopic (exact) mass is 350 g/mol. The fraction of sp³-hybridized carbons (Fsp3) is 0.182. The molecule has 5 nitrogen and oxygen atoms in total. The summed E-state index contributed by atoms with van der Waals surface area (Å²) in [5, 5.41) is 2.36. The van der Waals surface area contributed by atoms with Crippen LogP contribution in [0.4, 0.5) is 10.1 Å². The molecule has 0 saturated carbocycles. The van der Waals surface area contributed by atoms with Crippen molar-refractivity contribution in [1.29, 1.82) is 0 Å². The molecular formula is C11H12BrFN2O3S. The third-order valence-corrected chi connectivity index (χ3v) is 3.71. The average Bonchev–Trinajstić information content (AvgIpc) is 2.25. The van der Waals surface area contributed by atoms with Crippen LogP contribution in [0.25, 0.3) is 0 Å². The number of rotatable bonds is 5. The molecule has 0 aliphatic heterocycles. The average molecular weight is 351 g/mol. The summed E-state index contributed by atoms with van der Waals surface area (Å²) in [5.74, 6) is -1.32. The molecule has 19 heavy (non-hydrogen) atoms. The number of halogens is 2. The summed E-state index contributed by atoms with van der Waals surface area (Å²) in [4.78, 5) is 10.3. The number of anilines is 1. The fourth-order valence-corrected chi connectivity index (χ4v) is 2.66. The number of hydrogen-bond donors (Lipinski definition) is 2. The molecule has 0 atom stereocenters. The molecule has 0 unspecified atom stereocenters. The van der Waals surface area contributed by atoms with Crippen molar-refractivity contribution < 1.29 is 17.6 Å². The van der Waals surface area contributed by atoms with Crippen LogP contribution in [0.3, 0.4) is 0 Å². The Labute approximate surface area is 119 Å². The van der Waals surface area contributed by atoms with Crippen molar-refractivity contribution in [3.8, 4) is 0 Å². The SMILES string of the molecule is C=C(Br)CNS(=O)(=O)c1ccc(NC(C)=O)cc1F. The van der Waals surface area contributed by atoms with Crippen molar-refractivity contribution in [2.75, 3.05) is 11.9 Å². The van der Waals surface area contributed by atoms with E-state index in [1.54, 1.807) is 0 Å². The molecule has 1 aromatic rings. The van der Waals surface area contributed by atoms with Gasteiger partial charge in [0.1, 0.15) is 10.7 Å². The predicted octanol–water partition coefficient (Wildman–Crippen LogP) is 1.97. The van der Waals surface area contributed by atoms with Crippen molar-refractivity contribution in [2.24, 2.45) is 0 Å². The van der Waals surface area contributed by atoms with Gasteiger partial charge in [0, 0.05) is 23.6 Å². The smallest absolute Gasteiger partial charge is 0.243 e. The molecule has 8 heteroatoms. The molecule has 1 amide bonds. The van der Waals surface area contributed by atoms with Crippen LogP contribution in [0, 0.1) is 5.82 Å². The standard InChI is InChI=1S/C11H12BrFN2O3S/c1-7(12)6-14-19(17,18)11-4-3-9(5-10(11)13)15-8(2)16/h3-5,14H,1,6H2,2H3,(H,15,16). The molecular weight excluding hydrogens is 339 g/mol. The topological polar surface area (TPSA) is 75.3 Å². The maximum absolute atomic E-state index is 13.7. The minimum atomic E-state index is -3.96. The zero-order valence-corrected chi connectivity index (χ0v) is 12.4. The van der Waals surface area contributed by atoms with E-state index in [1.165, 1.54) is 13.0 Å². The van der Waals surface area contributed by atoms with Gasteiger partial charge in [0.2, 0.25) is 15.9 Å². The molecule has 1 rings (SSSR count). The van der Waals surface area contributed by atoms with Gasteiger partial charge >= 0.3 is 0 Å². The lowest BCUT2D eigenvalue weighted by atomic mass is 10.3. The van der Waals surface area contributed by atoms with Crippen LogP contribution in [0.2, 0.25) is 0 Å². The third kappa shape index (κ3) is 4.73. The Morgan fingerprint density at radius 3 is 2.58 bits per heavy atom. The summed E-state index contributed by atoms with van der Waals surface area (Å²) in [5.41, 5.74) is 0.189. The first-order valence-electron chi connectivity index (χ1n) is 5.12. The maximum atomic E-state index is 13.7. The lowest BCUT2D eigenvalue weighted by Crippen LogP contribution is -2.25. The Bertz CT molecular complexity index is 616. The van der Waals surface area contributed by atoms with E-state index < -0.39 is 20.7 Å². The first kappa shape index (κ1) is 15.8. The zero-order chi connectivity index (χ0) is 14.6. The molecule has 1 aromatic carbocycles. The first-order chi connectivity index (χ1) is 8.72. The Kier molecular flexibility index (Phi) is 5.21. The lowest BCUT2D eigenvalue weighted by molar-refractivity contribution is -0.114. The Balaban J connectivity index is 3.01. The van der Waals surface area contributed by atoms with E-state index in [4.69, 9.17) is 0 Å². The van der Waals surface area contributed by atoms with Crippen LogP contribution in [-0.2, 0) is 14.8 Å². The van der Waals surface area contributed by atoms with Gasteiger partial charge in [0.25, 0.3) is 0 Å². The Hall–Kier alpha value is -1.25.